The maximum Gasteiger partial charge on any atom is 0.407 e. The summed E-state index contributed by atoms with van der Waals surface area (Å²) in [5.74, 6) is 0. The monoisotopic (exact) mass is 260 g/mol. The van der Waals surface area contributed by atoms with Crippen LogP contribution in [-0.4, -0.2) is 41.5 Å². The summed E-state index contributed by atoms with van der Waals surface area (Å²) in [5.41, 5.74) is -1.19. The molecule has 0 aromatic carbocycles. The highest BCUT2D eigenvalue weighted by molar-refractivity contribution is 5.67. The lowest BCUT2D eigenvalue weighted by molar-refractivity contribution is 0.0494. The molecule has 5 nitrogen and oxygen atoms in total. The number of aliphatic hydroxyl groups is 1. The molecule has 0 aromatic rings. The lowest BCUT2D eigenvalue weighted by Gasteiger charge is -2.25. The minimum absolute atomic E-state index is 0.0792. The predicted octanol–water partition coefficient (Wildman–Crippen LogP) is 1.65. The Hall–Kier alpha value is -0.810. The quantitative estimate of drug-likeness (QED) is 0.679. The second-order valence-electron chi connectivity index (χ2n) is 6.02. The molecule has 0 radical (unpaired) electrons. The molecule has 0 bridgehead atoms. The van der Waals surface area contributed by atoms with Crippen molar-refractivity contribution >= 4 is 6.09 Å². The Morgan fingerprint density at radius 2 is 1.89 bits per heavy atom. The summed E-state index contributed by atoms with van der Waals surface area (Å²) in [7, 11) is 0. The first kappa shape index (κ1) is 17.2. The van der Waals surface area contributed by atoms with Crippen LogP contribution in [0.5, 0.6) is 0 Å². The van der Waals surface area contributed by atoms with E-state index in [1.54, 1.807) is 6.92 Å². The number of nitrogens with one attached hydrogen (secondary N) is 2. The summed E-state index contributed by atoms with van der Waals surface area (Å²) in [6.07, 6.45) is 0.269. The molecule has 2 unspecified atom stereocenters. The van der Waals surface area contributed by atoms with Crippen molar-refractivity contribution in [1.82, 2.24) is 10.6 Å². The first-order valence-electron chi connectivity index (χ1n) is 6.48. The third-order valence-electron chi connectivity index (χ3n) is 2.54. The van der Waals surface area contributed by atoms with E-state index in [1.165, 1.54) is 0 Å². The molecule has 0 aliphatic heterocycles. The molecule has 3 N–H and O–H groups in total. The summed E-state index contributed by atoms with van der Waals surface area (Å²) < 4.78 is 5.13. The van der Waals surface area contributed by atoms with Gasteiger partial charge < -0.3 is 20.5 Å². The number of carbonyl (C=O) groups excluding carboxylic acids is 1. The largest absolute Gasteiger partial charge is 0.444 e. The van der Waals surface area contributed by atoms with Crippen molar-refractivity contribution in [3.8, 4) is 0 Å². The van der Waals surface area contributed by atoms with Crippen LogP contribution < -0.4 is 10.6 Å². The molecule has 1 amide bonds. The van der Waals surface area contributed by atoms with E-state index in [2.05, 4.69) is 10.6 Å². The topological polar surface area (TPSA) is 70.6 Å². The number of ether oxygens (including phenoxy) is 1. The number of rotatable bonds is 6. The van der Waals surface area contributed by atoms with Crippen LogP contribution >= 0.6 is 0 Å². The van der Waals surface area contributed by atoms with Crippen LogP contribution in [0.4, 0.5) is 4.79 Å². The zero-order chi connectivity index (χ0) is 14.4. The number of amides is 1. The normalized spacial score (nSPS) is 16.8. The first-order valence-corrected chi connectivity index (χ1v) is 6.48. The number of hydrogen-bond acceptors (Lipinski definition) is 4. The minimum atomic E-state index is -0.708. The van der Waals surface area contributed by atoms with Crippen molar-refractivity contribution < 1.29 is 14.6 Å². The molecule has 0 aliphatic carbocycles. The van der Waals surface area contributed by atoms with Crippen LogP contribution in [0.2, 0.25) is 0 Å². The molecule has 0 saturated carbocycles. The zero-order valence-electron chi connectivity index (χ0n) is 12.5. The SMILES string of the molecule is CCC(C)(O)CNC(C)CNC(=O)OC(C)(C)C. The van der Waals surface area contributed by atoms with E-state index in [9.17, 15) is 9.90 Å². The van der Waals surface area contributed by atoms with Crippen molar-refractivity contribution in [2.45, 2.75) is 65.2 Å². The van der Waals surface area contributed by atoms with Crippen molar-refractivity contribution in [1.29, 1.82) is 0 Å². The number of hydrogen-bond donors (Lipinski definition) is 3. The maximum atomic E-state index is 11.4. The Balaban J connectivity index is 3.84. The smallest absolute Gasteiger partial charge is 0.407 e. The van der Waals surface area contributed by atoms with Gasteiger partial charge in [0.1, 0.15) is 5.60 Å². The molecule has 5 heteroatoms. The van der Waals surface area contributed by atoms with Gasteiger partial charge in [0.15, 0.2) is 0 Å². The summed E-state index contributed by atoms with van der Waals surface area (Å²) in [6.45, 7) is 12.1. The number of carbonyl (C=O) groups is 1. The minimum Gasteiger partial charge on any atom is -0.444 e. The summed E-state index contributed by atoms with van der Waals surface area (Å²) in [6, 6.07) is 0.0792. The number of alkyl carbamates (subject to hydrolysis) is 1. The van der Waals surface area contributed by atoms with Crippen LogP contribution in [0, 0.1) is 0 Å². The lowest BCUT2D eigenvalue weighted by Crippen LogP contribution is -2.46. The van der Waals surface area contributed by atoms with E-state index in [0.29, 0.717) is 19.5 Å². The Bertz CT molecular complexity index is 259. The van der Waals surface area contributed by atoms with E-state index in [4.69, 9.17) is 4.74 Å². The van der Waals surface area contributed by atoms with Gasteiger partial charge in [-0.15, -0.1) is 0 Å². The van der Waals surface area contributed by atoms with Crippen LogP contribution in [0.1, 0.15) is 48.0 Å². The van der Waals surface area contributed by atoms with Gasteiger partial charge in [0.25, 0.3) is 0 Å². The Morgan fingerprint density at radius 3 is 2.33 bits per heavy atom. The highest BCUT2D eigenvalue weighted by Gasteiger charge is 2.19. The molecule has 2 atom stereocenters. The lowest BCUT2D eigenvalue weighted by atomic mass is 10.0. The van der Waals surface area contributed by atoms with Gasteiger partial charge in [0.2, 0.25) is 0 Å². The molecule has 0 aromatic heterocycles. The fourth-order valence-corrected chi connectivity index (χ4v) is 1.14. The fraction of sp³-hybridized carbons (Fsp3) is 0.923. The second kappa shape index (κ2) is 6.95. The summed E-state index contributed by atoms with van der Waals surface area (Å²) in [5, 5.41) is 15.7. The van der Waals surface area contributed by atoms with Crippen molar-refractivity contribution in [2.75, 3.05) is 13.1 Å². The highest BCUT2D eigenvalue weighted by Crippen LogP contribution is 2.07. The van der Waals surface area contributed by atoms with E-state index in [-0.39, 0.29) is 6.04 Å². The zero-order valence-corrected chi connectivity index (χ0v) is 12.5. The Kier molecular flexibility index (Phi) is 6.63. The summed E-state index contributed by atoms with van der Waals surface area (Å²) in [4.78, 5) is 11.4. The van der Waals surface area contributed by atoms with E-state index in [1.807, 2.05) is 34.6 Å². The molecule has 18 heavy (non-hydrogen) atoms. The van der Waals surface area contributed by atoms with Gasteiger partial charge in [-0.25, -0.2) is 4.79 Å². The van der Waals surface area contributed by atoms with E-state index < -0.39 is 17.3 Å². The van der Waals surface area contributed by atoms with Crippen LogP contribution in [0.3, 0.4) is 0 Å². The third kappa shape index (κ3) is 9.24. The van der Waals surface area contributed by atoms with Crippen LogP contribution in [-0.2, 0) is 4.74 Å². The molecular formula is C13H28N2O3. The van der Waals surface area contributed by atoms with E-state index >= 15 is 0 Å². The van der Waals surface area contributed by atoms with Gasteiger partial charge in [-0.2, -0.15) is 0 Å². The molecular weight excluding hydrogens is 232 g/mol. The standard InChI is InChI=1S/C13H28N2O3/c1-7-13(6,17)9-15-10(2)8-14-11(16)18-12(3,4)5/h10,15,17H,7-9H2,1-6H3,(H,14,16). The third-order valence-corrected chi connectivity index (χ3v) is 2.54. The first-order chi connectivity index (χ1) is 8.06. The Morgan fingerprint density at radius 1 is 1.33 bits per heavy atom. The van der Waals surface area contributed by atoms with Gasteiger partial charge in [-0.05, 0) is 41.0 Å². The maximum absolute atomic E-state index is 11.4. The van der Waals surface area contributed by atoms with Gasteiger partial charge >= 0.3 is 6.09 Å². The molecule has 0 aliphatic rings. The van der Waals surface area contributed by atoms with Crippen molar-refractivity contribution in [3.63, 3.8) is 0 Å². The second-order valence-corrected chi connectivity index (χ2v) is 6.02. The van der Waals surface area contributed by atoms with Gasteiger partial charge in [-0.1, -0.05) is 6.92 Å². The molecule has 0 heterocycles. The fourth-order valence-electron chi connectivity index (χ4n) is 1.14. The van der Waals surface area contributed by atoms with Gasteiger partial charge in [0.05, 0.1) is 5.60 Å². The molecule has 108 valence electrons. The van der Waals surface area contributed by atoms with Crippen LogP contribution in [0.15, 0.2) is 0 Å². The van der Waals surface area contributed by atoms with Crippen LogP contribution in [0.25, 0.3) is 0 Å². The highest BCUT2D eigenvalue weighted by atomic mass is 16.6. The Labute approximate surface area is 110 Å². The predicted molar refractivity (Wildman–Crippen MR) is 72.6 cm³/mol. The van der Waals surface area contributed by atoms with Gasteiger partial charge in [0, 0.05) is 19.1 Å². The average Bonchev–Trinajstić information content (AvgIpc) is 2.21. The van der Waals surface area contributed by atoms with Gasteiger partial charge in [-0.3, -0.25) is 0 Å². The van der Waals surface area contributed by atoms with E-state index in [0.717, 1.165) is 0 Å². The average molecular weight is 260 g/mol. The molecule has 0 rings (SSSR count). The molecule has 0 saturated heterocycles. The summed E-state index contributed by atoms with van der Waals surface area (Å²) >= 11 is 0. The molecule has 0 spiro atoms. The molecule has 0 fully saturated rings. The van der Waals surface area contributed by atoms with Crippen molar-refractivity contribution in [2.24, 2.45) is 0 Å². The van der Waals surface area contributed by atoms with Crippen molar-refractivity contribution in [3.05, 3.63) is 0 Å².